The van der Waals surface area contributed by atoms with Crippen LogP contribution in [0.1, 0.15) is 107 Å². The first-order valence-electron chi connectivity index (χ1n) is 15.0. The molecule has 0 heterocycles. The van der Waals surface area contributed by atoms with Crippen molar-refractivity contribution < 1.29 is 23.9 Å². The third-order valence-electron chi connectivity index (χ3n) is 10.2. The lowest BCUT2D eigenvalue weighted by molar-refractivity contribution is -0.159. The summed E-state index contributed by atoms with van der Waals surface area (Å²) in [4.78, 5) is 41.1. The van der Waals surface area contributed by atoms with Crippen LogP contribution in [-0.4, -0.2) is 29.9 Å². The van der Waals surface area contributed by atoms with Gasteiger partial charge in [0.25, 0.3) is 0 Å². The van der Waals surface area contributed by atoms with Gasteiger partial charge in [0.05, 0.1) is 17.1 Å². The zero-order valence-electron chi connectivity index (χ0n) is 24.5. The van der Waals surface area contributed by atoms with Gasteiger partial charge < -0.3 is 9.47 Å². The van der Waals surface area contributed by atoms with Crippen LogP contribution in [0.3, 0.4) is 0 Å². The Morgan fingerprint density at radius 3 is 1.68 bits per heavy atom. The average molecular weight is 515 g/mol. The maximum atomic E-state index is 14.0. The zero-order valence-corrected chi connectivity index (χ0v) is 24.5. The van der Waals surface area contributed by atoms with Gasteiger partial charge >= 0.3 is 11.9 Å². The highest BCUT2D eigenvalue weighted by Gasteiger charge is 2.55. The van der Waals surface area contributed by atoms with Gasteiger partial charge in [-0.1, -0.05) is 68.2 Å². The maximum absolute atomic E-state index is 14.0. The second-order valence-electron chi connectivity index (χ2n) is 14.4. The van der Waals surface area contributed by atoms with Crippen LogP contribution in [0.25, 0.3) is 0 Å². The van der Waals surface area contributed by atoms with Gasteiger partial charge in [0.15, 0.2) is 0 Å². The summed E-state index contributed by atoms with van der Waals surface area (Å²) in [7, 11) is 0. The molecule has 0 aliphatic heterocycles. The monoisotopic (exact) mass is 514 g/mol. The van der Waals surface area contributed by atoms with Crippen molar-refractivity contribution in [2.75, 3.05) is 0 Å². The van der Waals surface area contributed by atoms with Crippen molar-refractivity contribution in [2.45, 2.75) is 119 Å². The number of carbonyl (C=O) groups excluding carboxylic acids is 3. The van der Waals surface area contributed by atoms with E-state index in [1.165, 1.54) is 0 Å². The number of esters is 2. The minimum absolute atomic E-state index is 0.0634. The third-order valence-corrected chi connectivity index (χ3v) is 10.2. The van der Waals surface area contributed by atoms with Crippen LogP contribution >= 0.6 is 0 Å². The van der Waals surface area contributed by atoms with Crippen LogP contribution in [0.5, 0.6) is 0 Å². The molecule has 0 spiro atoms. The number of ketones is 1. The van der Waals surface area contributed by atoms with Gasteiger partial charge in [-0.25, -0.2) is 9.59 Å². The van der Waals surface area contributed by atoms with E-state index in [-0.39, 0.29) is 35.3 Å². The molecule has 0 radical (unpaired) electrons. The molecule has 5 rings (SSSR count). The molecule has 2 unspecified atom stereocenters. The second kappa shape index (κ2) is 10.8. The van der Waals surface area contributed by atoms with Gasteiger partial charge in [-0.05, 0) is 78.9 Å². The van der Waals surface area contributed by atoms with Gasteiger partial charge in [-0.3, -0.25) is 4.79 Å². The molecule has 5 aliphatic rings. The van der Waals surface area contributed by atoms with Crippen LogP contribution in [0.4, 0.5) is 0 Å². The largest absolute Gasteiger partial charge is 0.459 e. The topological polar surface area (TPSA) is 69.7 Å². The molecular formula is C32H50O5. The summed E-state index contributed by atoms with van der Waals surface area (Å²) < 4.78 is 12.5. The number of rotatable bonds is 6. The van der Waals surface area contributed by atoms with Crippen molar-refractivity contribution in [2.24, 2.45) is 52.8 Å². The molecule has 5 aliphatic carbocycles. The first-order valence-corrected chi connectivity index (χ1v) is 15.0. The average Bonchev–Trinajstić information content (AvgIpc) is 2.77. The smallest absolute Gasteiger partial charge is 0.335 e. The molecule has 0 aromatic carbocycles. The van der Waals surface area contributed by atoms with Crippen LogP contribution in [0, 0.1) is 52.8 Å². The molecular weight excluding hydrogens is 464 g/mol. The molecule has 208 valence electrons. The number of carbonyl (C=O) groups is 3. The lowest BCUT2D eigenvalue weighted by Crippen LogP contribution is -2.50. The SMILES string of the molecule is CC(C)[C@@H]1CC[C@@H](C)C[C@H]1OC(=O)C1=C(C(=O)O[C@@H]2C[C@H](C)CC[C@H]2C(C)C)C2C(=O)CC1CC2(C)C. The summed E-state index contributed by atoms with van der Waals surface area (Å²) >= 11 is 0. The number of ether oxygens (including phenoxy) is 2. The lowest BCUT2D eigenvalue weighted by Gasteiger charge is -2.48. The summed E-state index contributed by atoms with van der Waals surface area (Å²) in [5, 5.41) is 0. The van der Waals surface area contributed by atoms with E-state index in [0.29, 0.717) is 59.5 Å². The van der Waals surface area contributed by atoms with Crippen molar-refractivity contribution >= 4 is 17.7 Å². The number of hydrogen-bond acceptors (Lipinski definition) is 5. The minimum atomic E-state index is -0.600. The van der Waals surface area contributed by atoms with E-state index in [4.69, 9.17) is 9.47 Å². The van der Waals surface area contributed by atoms with Crippen LogP contribution in [0.15, 0.2) is 11.1 Å². The first kappa shape index (κ1) is 28.4. The summed E-state index contributed by atoms with van der Waals surface area (Å²) in [6, 6.07) is 0. The maximum Gasteiger partial charge on any atom is 0.335 e. The molecule has 0 amide bonds. The standard InChI is InChI=1S/C32H50O5/c1-17(2)22-11-9-19(5)13-25(22)36-30(34)27-21-15-24(33)29(32(7,8)16-21)28(27)31(35)37-26-14-20(6)10-12-23(26)18(3)4/h17-23,25-26,29H,9-16H2,1-8H3/t19-,20-,21?,22+,23+,25-,26-,29?/m1/s1. The van der Waals surface area contributed by atoms with Gasteiger partial charge in [0.1, 0.15) is 18.0 Å². The molecule has 2 bridgehead atoms. The van der Waals surface area contributed by atoms with Crippen molar-refractivity contribution in [1.29, 1.82) is 0 Å². The fraction of sp³-hybridized carbons (Fsp3) is 0.844. The van der Waals surface area contributed by atoms with Gasteiger partial charge in [-0.15, -0.1) is 0 Å². The fourth-order valence-electron chi connectivity index (χ4n) is 8.16. The minimum Gasteiger partial charge on any atom is -0.459 e. The molecule has 8 atom stereocenters. The molecule has 0 saturated heterocycles. The predicted octanol–water partition coefficient (Wildman–Crippen LogP) is 6.93. The highest BCUT2D eigenvalue weighted by Crippen LogP contribution is 2.54. The fourth-order valence-corrected chi connectivity index (χ4v) is 8.16. The zero-order chi connectivity index (χ0) is 27.2. The van der Waals surface area contributed by atoms with Gasteiger partial charge in [0, 0.05) is 6.42 Å². The first-order chi connectivity index (χ1) is 17.3. The lowest BCUT2D eigenvalue weighted by atomic mass is 9.54. The Kier molecular flexibility index (Phi) is 8.31. The van der Waals surface area contributed by atoms with E-state index in [2.05, 4.69) is 41.5 Å². The van der Waals surface area contributed by atoms with E-state index >= 15 is 0 Å². The van der Waals surface area contributed by atoms with Gasteiger partial charge in [-0.2, -0.15) is 0 Å². The molecule has 3 fully saturated rings. The molecule has 0 N–H and O–H groups in total. The van der Waals surface area contributed by atoms with Crippen molar-refractivity contribution in [3.63, 3.8) is 0 Å². The molecule has 0 aromatic heterocycles. The highest BCUT2D eigenvalue weighted by atomic mass is 16.6. The van der Waals surface area contributed by atoms with Crippen LogP contribution in [0.2, 0.25) is 0 Å². The van der Waals surface area contributed by atoms with E-state index in [9.17, 15) is 14.4 Å². The molecule has 5 heteroatoms. The van der Waals surface area contributed by atoms with Crippen molar-refractivity contribution in [3.8, 4) is 0 Å². The predicted molar refractivity (Wildman–Crippen MR) is 144 cm³/mol. The Morgan fingerprint density at radius 1 is 0.784 bits per heavy atom. The normalized spacial score (nSPS) is 37.7. The molecule has 37 heavy (non-hydrogen) atoms. The van der Waals surface area contributed by atoms with Crippen LogP contribution in [-0.2, 0) is 23.9 Å². The van der Waals surface area contributed by atoms with E-state index in [1.54, 1.807) is 0 Å². The molecule has 0 aromatic rings. The summed E-state index contributed by atoms with van der Waals surface area (Å²) in [6.45, 7) is 17.3. The van der Waals surface area contributed by atoms with Crippen molar-refractivity contribution in [3.05, 3.63) is 11.1 Å². The Balaban J connectivity index is 1.67. The summed E-state index contributed by atoms with van der Waals surface area (Å²) in [6.07, 6.45) is 6.80. The van der Waals surface area contributed by atoms with Gasteiger partial charge in [0.2, 0.25) is 0 Å². The quantitative estimate of drug-likeness (QED) is 0.360. The highest BCUT2D eigenvalue weighted by molar-refractivity contribution is 6.08. The Hall–Kier alpha value is -1.65. The van der Waals surface area contributed by atoms with E-state index in [1.807, 2.05) is 13.8 Å². The number of hydrogen-bond donors (Lipinski definition) is 0. The Morgan fingerprint density at radius 2 is 1.24 bits per heavy atom. The number of fused-ring (bicyclic) bond motifs is 2. The van der Waals surface area contributed by atoms with E-state index < -0.39 is 11.9 Å². The summed E-state index contributed by atoms with van der Waals surface area (Å²) in [5.74, 6) is 0.819. The third kappa shape index (κ3) is 5.71. The van der Waals surface area contributed by atoms with E-state index in [0.717, 1.165) is 38.5 Å². The van der Waals surface area contributed by atoms with Crippen molar-refractivity contribution in [1.82, 2.24) is 0 Å². The summed E-state index contributed by atoms with van der Waals surface area (Å²) in [5.41, 5.74) is 0.378. The Labute approximate surface area is 224 Å². The molecule has 5 nitrogen and oxygen atoms in total. The molecule has 3 saturated carbocycles. The van der Waals surface area contributed by atoms with Crippen LogP contribution < -0.4 is 0 Å². The Bertz CT molecular complexity index is 927. The number of Topliss-reactive ketones (excluding diaryl/α,β-unsaturated/α-hetero) is 1. The second-order valence-corrected chi connectivity index (χ2v) is 14.4.